The monoisotopic (exact) mass is 348 g/mol. The average molecular weight is 349 g/mol. The van der Waals surface area contributed by atoms with E-state index in [0.29, 0.717) is 0 Å². The molecule has 0 radical (unpaired) electrons. The van der Waals surface area contributed by atoms with E-state index < -0.39 is 0 Å². The number of nitrogens with zero attached hydrogens (tertiary/aromatic N) is 2. The summed E-state index contributed by atoms with van der Waals surface area (Å²) in [5, 5.41) is 0. The first kappa shape index (κ1) is 17.7. The van der Waals surface area contributed by atoms with Crippen LogP contribution in [0.2, 0.25) is 0 Å². The van der Waals surface area contributed by atoms with E-state index in [-0.39, 0.29) is 0 Å². The second kappa shape index (κ2) is 9.40. The van der Waals surface area contributed by atoms with E-state index in [4.69, 9.17) is 0 Å². The van der Waals surface area contributed by atoms with Gasteiger partial charge in [-0.15, -0.1) is 11.8 Å². The van der Waals surface area contributed by atoms with Gasteiger partial charge < -0.3 is 0 Å². The van der Waals surface area contributed by atoms with Gasteiger partial charge in [-0.25, -0.2) is 0 Å². The number of pyridine rings is 1. The van der Waals surface area contributed by atoms with Crippen LogP contribution in [0, 0.1) is 0 Å². The molecule has 0 unspecified atom stereocenters. The topological polar surface area (TPSA) is 16.1 Å². The first-order chi connectivity index (χ1) is 12.3. The SMILES string of the molecule is CSc1ccc(CN(CCc2ccccc2)Cc2ccncc2)cc1. The third-order valence-corrected chi connectivity index (χ3v) is 5.02. The lowest BCUT2D eigenvalue weighted by Crippen LogP contribution is -2.25. The summed E-state index contributed by atoms with van der Waals surface area (Å²) in [6.07, 6.45) is 6.93. The summed E-state index contributed by atoms with van der Waals surface area (Å²) in [6, 6.07) is 23.8. The van der Waals surface area contributed by atoms with Gasteiger partial charge >= 0.3 is 0 Å². The molecule has 0 spiro atoms. The van der Waals surface area contributed by atoms with Gasteiger partial charge in [0, 0.05) is 36.9 Å². The molecule has 1 aromatic heterocycles. The van der Waals surface area contributed by atoms with Gasteiger partial charge in [-0.3, -0.25) is 9.88 Å². The largest absolute Gasteiger partial charge is 0.295 e. The number of thioether (sulfide) groups is 1. The van der Waals surface area contributed by atoms with E-state index in [0.717, 1.165) is 26.1 Å². The molecule has 0 aliphatic rings. The molecular formula is C22H24N2S. The molecule has 0 aliphatic heterocycles. The molecule has 25 heavy (non-hydrogen) atoms. The maximum Gasteiger partial charge on any atom is 0.0271 e. The molecule has 0 aliphatic carbocycles. The van der Waals surface area contributed by atoms with Gasteiger partial charge in [0.2, 0.25) is 0 Å². The van der Waals surface area contributed by atoms with Crippen molar-refractivity contribution in [2.24, 2.45) is 0 Å². The first-order valence-electron chi connectivity index (χ1n) is 8.61. The molecule has 0 fully saturated rings. The van der Waals surface area contributed by atoms with Gasteiger partial charge in [0.05, 0.1) is 0 Å². The molecule has 3 heteroatoms. The van der Waals surface area contributed by atoms with Crippen LogP contribution in [0.5, 0.6) is 0 Å². The molecule has 1 heterocycles. The van der Waals surface area contributed by atoms with Crippen LogP contribution < -0.4 is 0 Å². The predicted octanol–water partition coefficient (Wildman–Crippen LogP) is 5.05. The molecule has 3 aromatic rings. The van der Waals surface area contributed by atoms with E-state index >= 15 is 0 Å². The number of rotatable bonds is 8. The maximum atomic E-state index is 4.13. The second-order valence-corrected chi connectivity index (χ2v) is 7.03. The predicted molar refractivity (Wildman–Crippen MR) is 107 cm³/mol. The highest BCUT2D eigenvalue weighted by molar-refractivity contribution is 7.98. The zero-order chi connectivity index (χ0) is 17.3. The van der Waals surface area contributed by atoms with Crippen LogP contribution in [-0.4, -0.2) is 22.7 Å². The lowest BCUT2D eigenvalue weighted by Gasteiger charge is -2.23. The van der Waals surface area contributed by atoms with Gasteiger partial charge in [0.15, 0.2) is 0 Å². The second-order valence-electron chi connectivity index (χ2n) is 6.15. The minimum atomic E-state index is 0.944. The summed E-state index contributed by atoms with van der Waals surface area (Å²) < 4.78 is 0. The number of hydrogen-bond donors (Lipinski definition) is 0. The summed E-state index contributed by atoms with van der Waals surface area (Å²) in [5.74, 6) is 0. The molecule has 2 aromatic carbocycles. The number of aromatic nitrogens is 1. The third-order valence-electron chi connectivity index (χ3n) is 4.28. The average Bonchev–Trinajstić information content (AvgIpc) is 2.68. The fourth-order valence-corrected chi connectivity index (χ4v) is 3.29. The van der Waals surface area contributed by atoms with Crippen molar-refractivity contribution in [3.8, 4) is 0 Å². The molecule has 0 amide bonds. The molecule has 0 N–H and O–H groups in total. The molecule has 0 bridgehead atoms. The van der Waals surface area contributed by atoms with Crippen molar-refractivity contribution < 1.29 is 0 Å². The molecule has 0 saturated carbocycles. The van der Waals surface area contributed by atoms with Crippen molar-refractivity contribution in [2.45, 2.75) is 24.4 Å². The Hall–Kier alpha value is -2.10. The van der Waals surface area contributed by atoms with E-state index in [1.54, 1.807) is 11.8 Å². The van der Waals surface area contributed by atoms with E-state index in [1.165, 1.54) is 21.6 Å². The van der Waals surface area contributed by atoms with Gasteiger partial charge in [-0.2, -0.15) is 0 Å². The van der Waals surface area contributed by atoms with Gasteiger partial charge in [0.25, 0.3) is 0 Å². The summed E-state index contributed by atoms with van der Waals surface area (Å²) in [7, 11) is 0. The molecular weight excluding hydrogens is 324 g/mol. The lowest BCUT2D eigenvalue weighted by atomic mass is 10.1. The molecule has 2 nitrogen and oxygen atoms in total. The highest BCUT2D eigenvalue weighted by atomic mass is 32.2. The molecule has 0 atom stereocenters. The van der Waals surface area contributed by atoms with Crippen LogP contribution in [0.25, 0.3) is 0 Å². The zero-order valence-electron chi connectivity index (χ0n) is 14.6. The quantitative estimate of drug-likeness (QED) is 0.530. The van der Waals surface area contributed by atoms with Crippen molar-refractivity contribution in [3.05, 3.63) is 95.8 Å². The van der Waals surface area contributed by atoms with Crippen molar-refractivity contribution in [2.75, 3.05) is 12.8 Å². The Morgan fingerprint density at radius 2 is 1.40 bits per heavy atom. The summed E-state index contributed by atoms with van der Waals surface area (Å²) in [4.78, 5) is 7.95. The summed E-state index contributed by atoms with van der Waals surface area (Å²) in [6.45, 7) is 2.94. The number of hydrogen-bond acceptors (Lipinski definition) is 3. The van der Waals surface area contributed by atoms with Crippen LogP contribution in [0.4, 0.5) is 0 Å². The lowest BCUT2D eigenvalue weighted by molar-refractivity contribution is 0.260. The van der Waals surface area contributed by atoms with Crippen LogP contribution in [-0.2, 0) is 19.5 Å². The van der Waals surface area contributed by atoms with Gasteiger partial charge in [0.1, 0.15) is 0 Å². The highest BCUT2D eigenvalue weighted by Crippen LogP contribution is 2.17. The summed E-state index contributed by atoms with van der Waals surface area (Å²) in [5.41, 5.74) is 4.06. The van der Waals surface area contributed by atoms with Crippen molar-refractivity contribution in [3.63, 3.8) is 0 Å². The smallest absolute Gasteiger partial charge is 0.0271 e. The van der Waals surface area contributed by atoms with Gasteiger partial charge in [-0.05, 0) is 53.6 Å². The van der Waals surface area contributed by atoms with Crippen molar-refractivity contribution >= 4 is 11.8 Å². The third kappa shape index (κ3) is 5.73. The standard InChI is InChI=1S/C22H24N2S/c1-25-22-9-7-20(8-10-22)17-24(18-21-11-14-23-15-12-21)16-13-19-5-3-2-4-6-19/h2-12,14-15H,13,16-18H2,1H3. The van der Waals surface area contributed by atoms with Crippen molar-refractivity contribution in [1.29, 1.82) is 0 Å². The van der Waals surface area contributed by atoms with Crippen LogP contribution in [0.3, 0.4) is 0 Å². The fourth-order valence-electron chi connectivity index (χ4n) is 2.88. The zero-order valence-corrected chi connectivity index (χ0v) is 15.5. The van der Waals surface area contributed by atoms with Crippen LogP contribution >= 0.6 is 11.8 Å². The van der Waals surface area contributed by atoms with E-state index in [1.807, 2.05) is 12.4 Å². The highest BCUT2D eigenvalue weighted by Gasteiger charge is 2.08. The molecule has 128 valence electrons. The Morgan fingerprint density at radius 1 is 0.760 bits per heavy atom. The summed E-state index contributed by atoms with van der Waals surface area (Å²) >= 11 is 1.79. The Labute approximate surface area is 154 Å². The Bertz CT molecular complexity index is 742. The minimum absolute atomic E-state index is 0.944. The van der Waals surface area contributed by atoms with Crippen molar-refractivity contribution in [1.82, 2.24) is 9.88 Å². The van der Waals surface area contributed by atoms with Crippen LogP contribution in [0.15, 0.2) is 84.0 Å². The number of benzene rings is 2. The Kier molecular flexibility index (Phi) is 6.66. The van der Waals surface area contributed by atoms with E-state index in [9.17, 15) is 0 Å². The Morgan fingerprint density at radius 3 is 2.04 bits per heavy atom. The van der Waals surface area contributed by atoms with Crippen LogP contribution in [0.1, 0.15) is 16.7 Å². The molecule has 0 saturated heterocycles. The molecule has 3 rings (SSSR count). The Balaban J connectivity index is 1.68. The maximum absolute atomic E-state index is 4.13. The van der Waals surface area contributed by atoms with E-state index in [2.05, 4.69) is 82.9 Å². The van der Waals surface area contributed by atoms with Gasteiger partial charge in [-0.1, -0.05) is 42.5 Å². The minimum Gasteiger partial charge on any atom is -0.295 e. The fraction of sp³-hybridized carbons (Fsp3) is 0.227. The normalized spacial score (nSPS) is 11.0. The first-order valence-corrected chi connectivity index (χ1v) is 9.84.